The highest BCUT2D eigenvalue weighted by Crippen LogP contribution is 2.37. The average Bonchev–Trinajstić information content (AvgIpc) is 3.20. The summed E-state index contributed by atoms with van der Waals surface area (Å²) in [6, 6.07) is -0.657. The molecule has 3 heterocycles. The van der Waals surface area contributed by atoms with Crippen molar-refractivity contribution in [2.24, 2.45) is 0 Å². The Morgan fingerprint density at radius 2 is 2.14 bits per heavy atom. The predicted octanol–water partition coefficient (Wildman–Crippen LogP) is 1.96. The molecule has 2 bridgehead atoms. The number of halogens is 3. The maximum Gasteiger partial charge on any atom is 0.471 e. The maximum absolute atomic E-state index is 12.6. The van der Waals surface area contributed by atoms with E-state index in [2.05, 4.69) is 10.2 Å². The Morgan fingerprint density at radius 1 is 1.36 bits per heavy atom. The molecule has 0 saturated carbocycles. The van der Waals surface area contributed by atoms with Crippen molar-refractivity contribution < 1.29 is 32.0 Å². The molecule has 2 aliphatic rings. The van der Waals surface area contributed by atoms with Crippen LogP contribution in [0.2, 0.25) is 0 Å². The molecule has 0 spiro atoms. The lowest BCUT2D eigenvalue weighted by atomic mass is 10.0. The van der Waals surface area contributed by atoms with E-state index in [-0.39, 0.29) is 36.8 Å². The lowest BCUT2D eigenvalue weighted by Gasteiger charge is -2.27. The maximum atomic E-state index is 12.6. The van der Waals surface area contributed by atoms with Crippen molar-refractivity contribution in [2.75, 3.05) is 19.7 Å². The van der Waals surface area contributed by atoms with E-state index in [0.717, 1.165) is 19.3 Å². The van der Waals surface area contributed by atoms with E-state index in [9.17, 15) is 22.8 Å². The topological polar surface area (TPSA) is 101 Å². The number of hydrogen-bond acceptors (Lipinski definition) is 6. The molecule has 2 aliphatic heterocycles. The van der Waals surface area contributed by atoms with Crippen LogP contribution in [0.5, 0.6) is 0 Å². The van der Waals surface area contributed by atoms with E-state index in [4.69, 9.17) is 9.25 Å². The van der Waals surface area contributed by atoms with Crippen LogP contribution in [-0.4, -0.2) is 64.0 Å². The van der Waals surface area contributed by atoms with Gasteiger partial charge in [0.25, 0.3) is 0 Å². The zero-order valence-corrected chi connectivity index (χ0v) is 15.4. The van der Waals surface area contributed by atoms with E-state index in [1.165, 1.54) is 5.06 Å². The van der Waals surface area contributed by atoms with Gasteiger partial charge in [-0.1, -0.05) is 13.3 Å². The van der Waals surface area contributed by atoms with Crippen LogP contribution >= 0.6 is 0 Å². The summed E-state index contributed by atoms with van der Waals surface area (Å²) in [4.78, 5) is 30.6. The summed E-state index contributed by atoms with van der Waals surface area (Å²) in [5.41, 5.74) is 0. The Labute approximate surface area is 159 Å². The Balaban J connectivity index is 1.55. The van der Waals surface area contributed by atoms with Crippen LogP contribution in [0.4, 0.5) is 18.0 Å². The second-order valence-electron chi connectivity index (χ2n) is 6.73. The van der Waals surface area contributed by atoms with Crippen LogP contribution in [0.15, 0.2) is 4.42 Å². The van der Waals surface area contributed by atoms with Gasteiger partial charge in [-0.05, 0) is 19.3 Å². The van der Waals surface area contributed by atoms with Gasteiger partial charge in [-0.3, -0.25) is 9.63 Å². The molecule has 28 heavy (non-hydrogen) atoms. The Morgan fingerprint density at radius 3 is 2.86 bits per heavy atom. The molecule has 0 unspecified atom stereocenters. The van der Waals surface area contributed by atoms with Gasteiger partial charge in [-0.25, -0.2) is 4.79 Å². The van der Waals surface area contributed by atoms with Crippen molar-refractivity contribution in [3.8, 4) is 0 Å². The molecule has 2 atom stereocenters. The number of amides is 3. The number of rotatable bonds is 8. The van der Waals surface area contributed by atoms with Gasteiger partial charge in [0, 0.05) is 19.5 Å². The molecule has 156 valence electrons. The Hall–Kier alpha value is -2.37. The van der Waals surface area contributed by atoms with Crippen LogP contribution in [0.3, 0.4) is 0 Å². The summed E-state index contributed by atoms with van der Waals surface area (Å²) >= 11 is 0. The number of nitrogens with zero attached hydrogens (tertiary/aromatic N) is 4. The van der Waals surface area contributed by atoms with Gasteiger partial charge in [-0.15, -0.1) is 10.2 Å². The first-order valence-electron chi connectivity index (χ1n) is 9.21. The van der Waals surface area contributed by atoms with E-state index >= 15 is 0 Å². The first kappa shape index (κ1) is 20.4. The molecular weight excluding hydrogens is 383 g/mol. The lowest BCUT2D eigenvalue weighted by molar-refractivity contribution is -0.173. The third-order valence-electron chi connectivity index (χ3n) is 4.70. The molecule has 12 heteroatoms. The molecule has 0 aromatic carbocycles. The van der Waals surface area contributed by atoms with Crippen LogP contribution in [0.25, 0.3) is 0 Å². The van der Waals surface area contributed by atoms with Crippen molar-refractivity contribution in [3.05, 3.63) is 11.8 Å². The minimum atomic E-state index is -4.93. The monoisotopic (exact) mass is 405 g/mol. The largest absolute Gasteiger partial charge is 0.471 e. The van der Waals surface area contributed by atoms with Gasteiger partial charge < -0.3 is 14.6 Å². The highest BCUT2D eigenvalue weighted by atomic mass is 19.4. The van der Waals surface area contributed by atoms with Crippen LogP contribution in [-0.2, 0) is 16.1 Å². The summed E-state index contributed by atoms with van der Waals surface area (Å²) in [6.45, 7) is 2.73. The Bertz CT molecular complexity index is 711. The number of unbranched alkanes of at least 4 members (excludes halogenated alkanes) is 1. The van der Waals surface area contributed by atoms with E-state index in [1.807, 2.05) is 6.92 Å². The van der Waals surface area contributed by atoms with Gasteiger partial charge in [0.15, 0.2) is 0 Å². The molecule has 0 radical (unpaired) electrons. The van der Waals surface area contributed by atoms with Gasteiger partial charge >= 0.3 is 18.1 Å². The standard InChI is InChI=1S/C16H22F3N5O4/c1-2-3-8-27-24-10-4-5-11(23(9-10)15(24)26)13-22-21-12(28-13)6-7-20-14(25)16(17,18)19/h10-11H,2-9H2,1H3,(H,20,25)/t10-,11-/m0/s1. The molecule has 2 saturated heterocycles. The van der Waals surface area contributed by atoms with Crippen molar-refractivity contribution in [1.82, 2.24) is 25.5 Å². The number of fused-ring (bicyclic) bond motifs is 2. The molecule has 2 fully saturated rings. The van der Waals surface area contributed by atoms with Crippen molar-refractivity contribution in [1.29, 1.82) is 0 Å². The van der Waals surface area contributed by atoms with Gasteiger partial charge in [0.05, 0.1) is 12.6 Å². The minimum absolute atomic E-state index is 0.0134. The molecule has 1 N–H and O–H groups in total. The second kappa shape index (κ2) is 8.33. The van der Waals surface area contributed by atoms with Crippen molar-refractivity contribution in [2.45, 2.75) is 57.3 Å². The summed E-state index contributed by atoms with van der Waals surface area (Å²) in [7, 11) is 0. The number of aromatic nitrogens is 2. The molecular formula is C16H22F3N5O4. The summed E-state index contributed by atoms with van der Waals surface area (Å²) in [6.07, 6.45) is -1.80. The third kappa shape index (κ3) is 4.37. The third-order valence-corrected chi connectivity index (χ3v) is 4.70. The lowest BCUT2D eigenvalue weighted by Crippen LogP contribution is -2.37. The number of piperidine rings is 1. The number of carbonyl (C=O) groups excluding carboxylic acids is 2. The van der Waals surface area contributed by atoms with E-state index < -0.39 is 18.1 Å². The zero-order chi connectivity index (χ0) is 20.3. The first-order valence-corrected chi connectivity index (χ1v) is 9.21. The number of nitrogens with one attached hydrogen (secondary N) is 1. The Kier molecular flexibility index (Phi) is 6.06. The molecule has 3 amide bonds. The average molecular weight is 405 g/mol. The number of carbonyl (C=O) groups is 2. The fourth-order valence-electron chi connectivity index (χ4n) is 3.25. The second-order valence-corrected chi connectivity index (χ2v) is 6.73. The zero-order valence-electron chi connectivity index (χ0n) is 15.4. The molecule has 1 aromatic heterocycles. The SMILES string of the molecule is CCCCON1C(=O)N2C[C@@H]1CC[C@H]2c1nnc(CCNC(=O)C(F)(F)F)o1. The highest BCUT2D eigenvalue weighted by molar-refractivity contribution is 5.81. The van der Waals surface area contributed by atoms with E-state index in [0.29, 0.717) is 19.6 Å². The first-order chi connectivity index (χ1) is 13.3. The van der Waals surface area contributed by atoms with Gasteiger partial charge in [0.2, 0.25) is 11.8 Å². The van der Waals surface area contributed by atoms with Crippen molar-refractivity contribution in [3.63, 3.8) is 0 Å². The van der Waals surface area contributed by atoms with Crippen LogP contribution < -0.4 is 5.32 Å². The van der Waals surface area contributed by atoms with Crippen molar-refractivity contribution >= 4 is 11.9 Å². The molecule has 0 aliphatic carbocycles. The number of urea groups is 1. The fourth-order valence-corrected chi connectivity index (χ4v) is 3.25. The van der Waals surface area contributed by atoms with Crippen LogP contribution in [0.1, 0.15) is 50.4 Å². The molecule has 3 rings (SSSR count). The van der Waals surface area contributed by atoms with E-state index in [1.54, 1.807) is 10.2 Å². The molecule has 1 aromatic rings. The van der Waals surface area contributed by atoms with Crippen LogP contribution in [0, 0.1) is 0 Å². The summed E-state index contributed by atoms with van der Waals surface area (Å²) < 4.78 is 42.0. The predicted molar refractivity (Wildman–Crippen MR) is 87.6 cm³/mol. The minimum Gasteiger partial charge on any atom is -0.423 e. The molecule has 9 nitrogen and oxygen atoms in total. The number of hydroxylamine groups is 2. The summed E-state index contributed by atoms with van der Waals surface area (Å²) in [5.74, 6) is -1.68. The normalized spacial score (nSPS) is 22.1. The van der Waals surface area contributed by atoms with Gasteiger partial charge in [-0.2, -0.15) is 18.2 Å². The quantitative estimate of drug-likeness (QED) is 0.664. The fraction of sp³-hybridized carbons (Fsp3) is 0.750. The summed E-state index contributed by atoms with van der Waals surface area (Å²) in [5, 5.41) is 10.9. The number of hydrogen-bond donors (Lipinski definition) is 1. The number of alkyl halides is 3. The van der Waals surface area contributed by atoms with Gasteiger partial charge in [0.1, 0.15) is 6.04 Å². The smallest absolute Gasteiger partial charge is 0.423 e. The highest BCUT2D eigenvalue weighted by Gasteiger charge is 2.47.